The molecule has 0 aliphatic carbocycles. The fourth-order valence-electron chi connectivity index (χ4n) is 0.872. The van der Waals surface area contributed by atoms with Crippen molar-refractivity contribution in [3.63, 3.8) is 0 Å². The maximum absolute atomic E-state index is 11.7. The molecule has 0 fully saturated rings. The summed E-state index contributed by atoms with van der Waals surface area (Å²) < 4.78 is 37.4. The minimum atomic E-state index is -4.30. The number of nitrogens with zero attached hydrogens (tertiary/aromatic N) is 1. The summed E-state index contributed by atoms with van der Waals surface area (Å²) in [5, 5.41) is 0. The fraction of sp³-hybridized carbons (Fsp3) is 0.286. The number of hydrogen-bond donors (Lipinski definition) is 1. The molecule has 1 atom stereocenters. The molecule has 1 rings (SSSR count). The highest BCUT2D eigenvalue weighted by Gasteiger charge is 2.43. The van der Waals surface area contributed by atoms with Crippen molar-refractivity contribution < 1.29 is 31.7 Å². The molecule has 7 nitrogen and oxygen atoms in total. The molecule has 0 aliphatic rings. The lowest BCUT2D eigenvalue weighted by molar-refractivity contribution is -0.537. The summed E-state index contributed by atoms with van der Waals surface area (Å²) in [7, 11) is -6.19. The second-order valence-corrected chi connectivity index (χ2v) is 6.36. The second-order valence-electron chi connectivity index (χ2n) is 2.64. The number of phosphoric acid groups is 1. The van der Waals surface area contributed by atoms with E-state index in [4.69, 9.17) is 0 Å². The van der Waals surface area contributed by atoms with E-state index in [1.165, 1.54) is 24.5 Å². The summed E-state index contributed by atoms with van der Waals surface area (Å²) in [6.07, 6.45) is 2.60. The Morgan fingerprint density at radius 3 is 2.00 bits per heavy atom. The van der Waals surface area contributed by atoms with E-state index in [1.54, 1.807) is 6.07 Å². The van der Waals surface area contributed by atoms with Gasteiger partial charge in [-0.15, -0.1) is 4.34 Å². The second kappa shape index (κ2) is 5.19. The van der Waals surface area contributed by atoms with Crippen LogP contribution in [0.1, 0.15) is 0 Å². The van der Waals surface area contributed by atoms with Gasteiger partial charge >= 0.3 is 15.6 Å². The molecule has 1 heterocycles. The van der Waals surface area contributed by atoms with Gasteiger partial charge in [0.1, 0.15) is 0 Å². The molecule has 0 saturated heterocycles. The average molecular weight is 268 g/mol. The van der Waals surface area contributed by atoms with Crippen LogP contribution in [-0.4, -0.2) is 19.1 Å². The number of aromatic nitrogens is 1. The van der Waals surface area contributed by atoms with Crippen molar-refractivity contribution in [3.05, 3.63) is 30.6 Å². The Labute approximate surface area is 92.8 Å². The van der Waals surface area contributed by atoms with Crippen molar-refractivity contribution in [3.8, 4) is 0 Å². The third kappa shape index (κ3) is 3.22. The SMILES string of the molecule is COP(=O)(OC)OP(=O)(O)[n+]1ccccc1. The largest absolute Gasteiger partial charge is 0.619 e. The molecular formula is C7H12NO6P2+. The van der Waals surface area contributed by atoms with E-state index in [1.807, 2.05) is 0 Å². The molecule has 0 aliphatic heterocycles. The predicted octanol–water partition coefficient (Wildman–Crippen LogP) is 1.34. The van der Waals surface area contributed by atoms with Gasteiger partial charge in [-0.2, -0.15) is 8.88 Å². The van der Waals surface area contributed by atoms with E-state index < -0.39 is 15.6 Å². The lowest BCUT2D eigenvalue weighted by Gasteiger charge is -2.12. The van der Waals surface area contributed by atoms with Crippen molar-refractivity contribution in [2.75, 3.05) is 14.2 Å². The molecule has 1 aromatic heterocycles. The first-order valence-electron chi connectivity index (χ1n) is 4.16. The number of pyridine rings is 1. The monoisotopic (exact) mass is 268 g/mol. The van der Waals surface area contributed by atoms with E-state index >= 15 is 0 Å². The first-order valence-corrected chi connectivity index (χ1v) is 7.15. The van der Waals surface area contributed by atoms with Crippen LogP contribution < -0.4 is 4.34 Å². The van der Waals surface area contributed by atoms with Crippen LogP contribution in [0.15, 0.2) is 30.6 Å². The van der Waals surface area contributed by atoms with Gasteiger partial charge in [-0.25, -0.2) is 4.57 Å². The first kappa shape index (κ1) is 13.5. The van der Waals surface area contributed by atoms with Gasteiger partial charge < -0.3 is 0 Å². The highest BCUT2D eigenvalue weighted by molar-refractivity contribution is 7.60. The topological polar surface area (TPSA) is 85.9 Å². The summed E-state index contributed by atoms with van der Waals surface area (Å²) in [5.41, 5.74) is 0. The molecule has 0 bridgehead atoms. The Hall–Kier alpha value is -0.550. The highest BCUT2D eigenvalue weighted by Crippen LogP contribution is 2.59. The van der Waals surface area contributed by atoms with Gasteiger partial charge in [0.25, 0.3) is 0 Å². The van der Waals surface area contributed by atoms with Crippen LogP contribution in [0.25, 0.3) is 0 Å². The van der Waals surface area contributed by atoms with Crippen LogP contribution in [0, 0.1) is 0 Å². The third-order valence-corrected chi connectivity index (χ3v) is 5.04. The van der Waals surface area contributed by atoms with Crippen molar-refractivity contribution in [2.45, 2.75) is 0 Å². The summed E-state index contributed by atoms with van der Waals surface area (Å²) in [4.78, 5) is 9.55. The molecule has 90 valence electrons. The molecule has 0 saturated carbocycles. The van der Waals surface area contributed by atoms with Gasteiger partial charge in [-0.3, -0.25) is 13.9 Å². The molecule has 1 N–H and O–H groups in total. The minimum Gasteiger partial charge on any atom is -0.290 e. The number of hydrogen-bond acceptors (Lipinski definition) is 5. The van der Waals surface area contributed by atoms with Crippen LogP contribution in [0.3, 0.4) is 0 Å². The zero-order chi connectivity index (χ0) is 12.2. The van der Waals surface area contributed by atoms with Crippen molar-refractivity contribution in [1.29, 1.82) is 0 Å². The summed E-state index contributed by atoms with van der Waals surface area (Å²) in [6, 6.07) is 4.70. The van der Waals surface area contributed by atoms with Gasteiger partial charge in [0.05, 0.1) is 0 Å². The van der Waals surface area contributed by atoms with Crippen LogP contribution in [-0.2, 0) is 22.5 Å². The highest BCUT2D eigenvalue weighted by atomic mass is 31.3. The lowest BCUT2D eigenvalue weighted by atomic mass is 10.5. The standard InChI is InChI=1S/C7H11NO6P2/c1-12-16(11,13-2)14-15(9,10)8-6-4-3-5-7-8/h3-7H,1-2H3/p+1. The van der Waals surface area contributed by atoms with Gasteiger partial charge in [0.2, 0.25) is 0 Å². The van der Waals surface area contributed by atoms with E-state index in [0.717, 1.165) is 18.6 Å². The fourth-order valence-corrected chi connectivity index (χ4v) is 3.42. The summed E-state index contributed by atoms with van der Waals surface area (Å²) in [6.45, 7) is 0. The maximum atomic E-state index is 11.7. The van der Waals surface area contributed by atoms with Gasteiger partial charge in [-0.05, 0) is 0 Å². The Balaban J connectivity index is 2.97. The molecule has 1 unspecified atom stereocenters. The van der Waals surface area contributed by atoms with Crippen LogP contribution in [0.4, 0.5) is 0 Å². The Bertz CT molecular complexity index is 428. The van der Waals surface area contributed by atoms with Crippen molar-refractivity contribution in [1.82, 2.24) is 0 Å². The van der Waals surface area contributed by atoms with E-state index in [2.05, 4.69) is 13.4 Å². The summed E-state index contributed by atoms with van der Waals surface area (Å²) >= 11 is 0. The first-order chi connectivity index (χ1) is 7.43. The predicted molar refractivity (Wildman–Crippen MR) is 54.6 cm³/mol. The molecule has 0 radical (unpaired) electrons. The van der Waals surface area contributed by atoms with Gasteiger partial charge in [0.15, 0.2) is 12.4 Å². The van der Waals surface area contributed by atoms with E-state index in [-0.39, 0.29) is 0 Å². The zero-order valence-corrected chi connectivity index (χ0v) is 10.5. The van der Waals surface area contributed by atoms with Gasteiger partial charge in [-0.1, -0.05) is 6.07 Å². The number of rotatable bonds is 5. The molecule has 9 heteroatoms. The Morgan fingerprint density at radius 1 is 1.06 bits per heavy atom. The third-order valence-electron chi connectivity index (χ3n) is 1.65. The Morgan fingerprint density at radius 2 is 1.56 bits per heavy atom. The molecule has 16 heavy (non-hydrogen) atoms. The zero-order valence-electron chi connectivity index (χ0n) is 8.72. The lowest BCUT2D eigenvalue weighted by Crippen LogP contribution is -2.30. The molecule has 0 aromatic carbocycles. The smallest absolute Gasteiger partial charge is 0.290 e. The molecule has 0 spiro atoms. The van der Waals surface area contributed by atoms with Crippen LogP contribution in [0.2, 0.25) is 0 Å². The van der Waals surface area contributed by atoms with E-state index in [9.17, 15) is 14.0 Å². The average Bonchev–Trinajstić information content (AvgIpc) is 2.29. The van der Waals surface area contributed by atoms with E-state index in [0.29, 0.717) is 0 Å². The normalized spacial score (nSPS) is 15.7. The number of phosphoric ester groups is 1. The van der Waals surface area contributed by atoms with Crippen molar-refractivity contribution in [2.24, 2.45) is 0 Å². The molecular weight excluding hydrogens is 256 g/mol. The Kier molecular flexibility index (Phi) is 4.38. The summed E-state index contributed by atoms with van der Waals surface area (Å²) in [5.74, 6) is 0. The maximum Gasteiger partial charge on any atom is 0.619 e. The van der Waals surface area contributed by atoms with Crippen LogP contribution >= 0.6 is 15.6 Å². The minimum absolute atomic E-state index is 0.887. The van der Waals surface area contributed by atoms with Gasteiger partial charge in [0, 0.05) is 26.4 Å². The molecule has 0 amide bonds. The van der Waals surface area contributed by atoms with Crippen molar-refractivity contribution >= 4 is 15.6 Å². The van der Waals surface area contributed by atoms with Crippen LogP contribution in [0.5, 0.6) is 0 Å². The molecule has 1 aromatic rings. The quantitative estimate of drug-likeness (QED) is 0.811.